The van der Waals surface area contributed by atoms with Crippen molar-refractivity contribution < 1.29 is 36.0 Å². The number of nitrogens with one attached hydrogen (secondary N) is 1. The lowest BCUT2D eigenvalue weighted by atomic mass is 10.0. The van der Waals surface area contributed by atoms with Gasteiger partial charge in [0.25, 0.3) is 5.91 Å². The molecule has 0 aromatic heterocycles. The number of halogens is 6. The lowest BCUT2D eigenvalue weighted by Crippen LogP contribution is -2.31. The molecule has 0 spiro atoms. The highest BCUT2D eigenvalue weighted by molar-refractivity contribution is 5.90. The number of rotatable bonds is 3. The summed E-state index contributed by atoms with van der Waals surface area (Å²) in [4.78, 5) is 16.4. The standard InChI is InChI=1S/C16H13F6NO2/c1-8(2)14(24)23-25-13-11-5-4-10(15(17,18)19)7-9(11)3-6-12(13)16(20,21)22/h3-8H,1-2H3,(H,23,24). The highest BCUT2D eigenvalue weighted by Crippen LogP contribution is 2.41. The zero-order valence-corrected chi connectivity index (χ0v) is 13.0. The van der Waals surface area contributed by atoms with Gasteiger partial charge in [-0.3, -0.25) is 4.79 Å². The molecule has 0 fully saturated rings. The third-order valence-electron chi connectivity index (χ3n) is 3.38. The van der Waals surface area contributed by atoms with E-state index in [0.717, 1.165) is 12.1 Å². The van der Waals surface area contributed by atoms with Crippen molar-refractivity contribution in [3.05, 3.63) is 41.5 Å². The Morgan fingerprint density at radius 2 is 1.64 bits per heavy atom. The van der Waals surface area contributed by atoms with Crippen LogP contribution in [0, 0.1) is 5.92 Å². The van der Waals surface area contributed by atoms with E-state index in [0.29, 0.717) is 18.2 Å². The highest BCUT2D eigenvalue weighted by atomic mass is 19.4. The van der Waals surface area contributed by atoms with Crippen LogP contribution in [0.5, 0.6) is 5.75 Å². The minimum absolute atomic E-state index is 0.100. The molecule has 2 aromatic rings. The molecule has 3 nitrogen and oxygen atoms in total. The summed E-state index contributed by atoms with van der Waals surface area (Å²) in [6, 6.07) is 3.78. The second-order valence-corrected chi connectivity index (χ2v) is 5.60. The monoisotopic (exact) mass is 365 g/mol. The van der Waals surface area contributed by atoms with Crippen LogP contribution in [0.25, 0.3) is 10.8 Å². The van der Waals surface area contributed by atoms with Gasteiger partial charge in [0.15, 0.2) is 5.75 Å². The van der Waals surface area contributed by atoms with Gasteiger partial charge in [0.1, 0.15) is 5.56 Å². The van der Waals surface area contributed by atoms with E-state index in [9.17, 15) is 31.1 Å². The molecule has 25 heavy (non-hydrogen) atoms. The van der Waals surface area contributed by atoms with Crippen molar-refractivity contribution in [3.63, 3.8) is 0 Å². The lowest BCUT2D eigenvalue weighted by Gasteiger charge is -2.17. The molecule has 0 aliphatic heterocycles. The highest BCUT2D eigenvalue weighted by Gasteiger charge is 2.36. The number of hydroxylamine groups is 1. The minimum Gasteiger partial charge on any atom is -0.378 e. The van der Waals surface area contributed by atoms with Crippen molar-refractivity contribution in [3.8, 4) is 5.75 Å². The van der Waals surface area contributed by atoms with Crippen LogP contribution in [0.3, 0.4) is 0 Å². The van der Waals surface area contributed by atoms with Crippen LogP contribution < -0.4 is 10.3 Å². The molecular weight excluding hydrogens is 352 g/mol. The lowest BCUT2D eigenvalue weighted by molar-refractivity contribution is -0.141. The van der Waals surface area contributed by atoms with Crippen LogP contribution in [0.1, 0.15) is 25.0 Å². The van der Waals surface area contributed by atoms with Gasteiger partial charge in [-0.25, -0.2) is 0 Å². The topological polar surface area (TPSA) is 38.3 Å². The molecule has 0 bridgehead atoms. The van der Waals surface area contributed by atoms with Crippen LogP contribution >= 0.6 is 0 Å². The number of benzene rings is 2. The summed E-state index contributed by atoms with van der Waals surface area (Å²) in [5.41, 5.74) is -0.321. The number of fused-ring (bicyclic) bond motifs is 1. The molecule has 136 valence electrons. The Bertz CT molecular complexity index is 796. The molecule has 1 N–H and O–H groups in total. The van der Waals surface area contributed by atoms with E-state index >= 15 is 0 Å². The van der Waals surface area contributed by atoms with Crippen molar-refractivity contribution in [2.75, 3.05) is 0 Å². The van der Waals surface area contributed by atoms with Gasteiger partial charge in [0, 0.05) is 11.3 Å². The molecule has 0 atom stereocenters. The number of carbonyl (C=O) groups excluding carboxylic acids is 1. The van der Waals surface area contributed by atoms with Crippen molar-refractivity contribution in [2.45, 2.75) is 26.2 Å². The Balaban J connectivity index is 2.58. The van der Waals surface area contributed by atoms with Gasteiger partial charge in [-0.05, 0) is 29.7 Å². The van der Waals surface area contributed by atoms with Gasteiger partial charge >= 0.3 is 12.4 Å². The minimum atomic E-state index is -4.81. The molecule has 1 amide bonds. The van der Waals surface area contributed by atoms with E-state index in [1.54, 1.807) is 0 Å². The second kappa shape index (κ2) is 6.45. The Morgan fingerprint density at radius 1 is 1.00 bits per heavy atom. The van der Waals surface area contributed by atoms with Crippen LogP contribution in [0.4, 0.5) is 26.3 Å². The third-order valence-corrected chi connectivity index (χ3v) is 3.38. The number of hydrogen-bond acceptors (Lipinski definition) is 2. The Hall–Kier alpha value is -2.45. The first-order chi connectivity index (χ1) is 11.4. The fraction of sp³-hybridized carbons (Fsp3) is 0.312. The van der Waals surface area contributed by atoms with Crippen molar-refractivity contribution >= 4 is 16.7 Å². The zero-order chi connectivity index (χ0) is 19.0. The number of carbonyl (C=O) groups is 1. The summed E-state index contributed by atoms with van der Waals surface area (Å²) in [6.07, 6.45) is -9.45. The molecule has 0 saturated carbocycles. The molecule has 2 aromatic carbocycles. The largest absolute Gasteiger partial charge is 0.420 e. The summed E-state index contributed by atoms with van der Waals surface area (Å²) in [7, 11) is 0. The smallest absolute Gasteiger partial charge is 0.378 e. The van der Waals surface area contributed by atoms with E-state index in [2.05, 4.69) is 0 Å². The van der Waals surface area contributed by atoms with E-state index in [1.807, 2.05) is 5.48 Å². The Kier molecular flexibility index (Phi) is 4.87. The van der Waals surface area contributed by atoms with Gasteiger partial charge in [0.2, 0.25) is 0 Å². The Morgan fingerprint density at radius 3 is 2.16 bits per heavy atom. The molecule has 9 heteroatoms. The maximum atomic E-state index is 13.2. The predicted molar refractivity (Wildman–Crippen MR) is 77.6 cm³/mol. The average molecular weight is 365 g/mol. The zero-order valence-electron chi connectivity index (χ0n) is 13.0. The fourth-order valence-electron chi connectivity index (χ4n) is 2.03. The maximum Gasteiger partial charge on any atom is 0.420 e. The second-order valence-electron chi connectivity index (χ2n) is 5.60. The predicted octanol–water partition coefficient (Wildman–Crippen LogP) is 4.94. The van der Waals surface area contributed by atoms with Crippen molar-refractivity contribution in [1.29, 1.82) is 0 Å². The number of alkyl halides is 6. The normalized spacial score (nSPS) is 12.5. The molecule has 0 aliphatic carbocycles. The van der Waals surface area contributed by atoms with Gasteiger partial charge in [-0.2, -0.15) is 31.8 Å². The summed E-state index contributed by atoms with van der Waals surface area (Å²) in [5, 5.41) is -0.302. The SMILES string of the molecule is CC(C)C(=O)NOc1c(C(F)(F)F)ccc2cc(C(F)(F)F)ccc12. The maximum absolute atomic E-state index is 13.2. The molecular formula is C16H13F6NO2. The average Bonchev–Trinajstić information content (AvgIpc) is 2.49. The van der Waals surface area contributed by atoms with Crippen molar-refractivity contribution in [2.24, 2.45) is 5.92 Å². The fourth-order valence-corrected chi connectivity index (χ4v) is 2.03. The summed E-state index contributed by atoms with van der Waals surface area (Å²) in [5.74, 6) is -1.98. The van der Waals surface area contributed by atoms with Crippen molar-refractivity contribution in [1.82, 2.24) is 5.48 Å². The third kappa shape index (κ3) is 4.15. The van der Waals surface area contributed by atoms with Crippen LogP contribution in [-0.2, 0) is 17.1 Å². The van der Waals surface area contributed by atoms with E-state index in [1.165, 1.54) is 13.8 Å². The first-order valence-corrected chi connectivity index (χ1v) is 7.09. The van der Waals surface area contributed by atoms with Crippen LogP contribution in [0.2, 0.25) is 0 Å². The first kappa shape index (κ1) is 18.9. The molecule has 0 aliphatic rings. The van der Waals surface area contributed by atoms with E-state index in [4.69, 9.17) is 4.84 Å². The first-order valence-electron chi connectivity index (χ1n) is 7.09. The number of amides is 1. The quantitative estimate of drug-likeness (QED) is 0.618. The van der Waals surface area contributed by atoms with Crippen LogP contribution in [0.15, 0.2) is 30.3 Å². The summed E-state index contributed by atoms with van der Waals surface area (Å²) >= 11 is 0. The number of hydrogen-bond donors (Lipinski definition) is 1. The summed E-state index contributed by atoms with van der Waals surface area (Å²) < 4.78 is 77.7. The van der Waals surface area contributed by atoms with E-state index < -0.39 is 41.1 Å². The van der Waals surface area contributed by atoms with Gasteiger partial charge in [0.05, 0.1) is 5.56 Å². The van der Waals surface area contributed by atoms with E-state index in [-0.39, 0.29) is 10.8 Å². The molecule has 0 saturated heterocycles. The molecule has 0 radical (unpaired) electrons. The van der Waals surface area contributed by atoms with Gasteiger partial charge in [-0.1, -0.05) is 19.9 Å². The van der Waals surface area contributed by atoms with Gasteiger partial charge in [-0.15, -0.1) is 0 Å². The Labute approximate surface area is 138 Å². The summed E-state index contributed by atoms with van der Waals surface area (Å²) in [6.45, 7) is 3.00. The van der Waals surface area contributed by atoms with Gasteiger partial charge < -0.3 is 4.84 Å². The molecule has 0 unspecified atom stereocenters. The van der Waals surface area contributed by atoms with Crippen LogP contribution in [-0.4, -0.2) is 5.91 Å². The molecule has 0 heterocycles. The molecule has 2 rings (SSSR count).